The van der Waals surface area contributed by atoms with E-state index < -0.39 is 5.82 Å². The number of aromatic nitrogens is 1. The van der Waals surface area contributed by atoms with E-state index in [9.17, 15) is 4.39 Å². The predicted molar refractivity (Wildman–Crippen MR) is 74.4 cm³/mol. The Labute approximate surface area is 120 Å². The fourth-order valence-electron chi connectivity index (χ4n) is 1.77. The molecule has 3 N–H and O–H groups in total. The molecule has 100 valence electrons. The Kier molecular flexibility index (Phi) is 4.71. The monoisotopic (exact) mass is 299 g/mol. The molecule has 6 heteroatoms. The molecule has 1 atom stereocenters. The zero-order valence-corrected chi connectivity index (χ0v) is 11.4. The van der Waals surface area contributed by atoms with Crippen LogP contribution in [-0.4, -0.2) is 4.98 Å². The second-order valence-corrected chi connectivity index (χ2v) is 4.88. The summed E-state index contributed by atoms with van der Waals surface area (Å²) in [5.74, 6) is 5.11. The third kappa shape index (κ3) is 3.64. The molecule has 0 aliphatic carbocycles. The summed E-state index contributed by atoms with van der Waals surface area (Å²) in [6.07, 6.45) is 2.22. The number of hydrogen-bond donors (Lipinski definition) is 2. The SMILES string of the molecule is NNC(Cc1ccc(F)c(Cl)c1)c1ccc(Cl)nc1. The minimum Gasteiger partial charge on any atom is -0.271 e. The van der Waals surface area contributed by atoms with Crippen LogP contribution in [0.1, 0.15) is 17.2 Å². The van der Waals surface area contributed by atoms with E-state index in [0.29, 0.717) is 11.6 Å². The minimum atomic E-state index is -0.434. The van der Waals surface area contributed by atoms with Crippen molar-refractivity contribution >= 4 is 23.2 Å². The number of nitrogens with two attached hydrogens (primary N) is 1. The number of nitrogens with zero attached hydrogens (tertiary/aromatic N) is 1. The Morgan fingerprint density at radius 2 is 2.05 bits per heavy atom. The highest BCUT2D eigenvalue weighted by molar-refractivity contribution is 6.30. The van der Waals surface area contributed by atoms with Crippen molar-refractivity contribution in [2.24, 2.45) is 5.84 Å². The van der Waals surface area contributed by atoms with Gasteiger partial charge in [0.05, 0.1) is 11.1 Å². The molecule has 0 spiro atoms. The number of pyridine rings is 1. The lowest BCUT2D eigenvalue weighted by atomic mass is 10.0. The van der Waals surface area contributed by atoms with Gasteiger partial charge in [-0.25, -0.2) is 9.37 Å². The van der Waals surface area contributed by atoms with Gasteiger partial charge in [0.2, 0.25) is 0 Å². The first-order valence-corrected chi connectivity index (χ1v) is 6.37. The first kappa shape index (κ1) is 14.2. The summed E-state index contributed by atoms with van der Waals surface area (Å²) in [4.78, 5) is 4.01. The summed E-state index contributed by atoms with van der Waals surface area (Å²) in [6.45, 7) is 0. The summed E-state index contributed by atoms with van der Waals surface area (Å²) in [6, 6.07) is 7.99. The molecule has 1 aromatic heterocycles. The van der Waals surface area contributed by atoms with E-state index in [0.717, 1.165) is 11.1 Å². The Balaban J connectivity index is 2.18. The quantitative estimate of drug-likeness (QED) is 0.517. The number of halogens is 3. The van der Waals surface area contributed by atoms with E-state index in [2.05, 4.69) is 10.4 Å². The van der Waals surface area contributed by atoms with Crippen LogP contribution in [0.4, 0.5) is 4.39 Å². The molecular weight excluding hydrogens is 288 g/mol. The molecule has 2 aromatic rings. The number of hydrogen-bond acceptors (Lipinski definition) is 3. The molecule has 0 bridgehead atoms. The minimum absolute atomic E-state index is 0.0995. The largest absolute Gasteiger partial charge is 0.271 e. The van der Waals surface area contributed by atoms with Gasteiger partial charge in [0, 0.05) is 6.20 Å². The van der Waals surface area contributed by atoms with Crippen LogP contribution in [0.2, 0.25) is 10.2 Å². The molecule has 0 saturated heterocycles. The lowest BCUT2D eigenvalue weighted by Gasteiger charge is -2.16. The highest BCUT2D eigenvalue weighted by atomic mass is 35.5. The van der Waals surface area contributed by atoms with Crippen molar-refractivity contribution in [3.05, 3.63) is 63.6 Å². The van der Waals surface area contributed by atoms with E-state index in [1.165, 1.54) is 6.07 Å². The maximum Gasteiger partial charge on any atom is 0.141 e. The van der Waals surface area contributed by atoms with Gasteiger partial charge in [-0.3, -0.25) is 11.3 Å². The van der Waals surface area contributed by atoms with Gasteiger partial charge >= 0.3 is 0 Å². The predicted octanol–water partition coefficient (Wildman–Crippen LogP) is 3.27. The van der Waals surface area contributed by atoms with Crippen molar-refractivity contribution in [1.82, 2.24) is 10.4 Å². The normalized spacial score (nSPS) is 12.4. The van der Waals surface area contributed by atoms with E-state index >= 15 is 0 Å². The van der Waals surface area contributed by atoms with Crippen LogP contribution in [-0.2, 0) is 6.42 Å². The van der Waals surface area contributed by atoms with Crippen LogP contribution >= 0.6 is 23.2 Å². The molecule has 0 radical (unpaired) electrons. The fourth-order valence-corrected chi connectivity index (χ4v) is 2.08. The number of hydrazine groups is 1. The van der Waals surface area contributed by atoms with E-state index in [-0.39, 0.29) is 11.1 Å². The van der Waals surface area contributed by atoms with Gasteiger partial charge in [0.25, 0.3) is 0 Å². The summed E-state index contributed by atoms with van der Waals surface area (Å²) >= 11 is 11.5. The van der Waals surface area contributed by atoms with Crippen molar-refractivity contribution in [3.8, 4) is 0 Å². The first-order valence-electron chi connectivity index (χ1n) is 5.61. The van der Waals surface area contributed by atoms with Gasteiger partial charge in [-0.1, -0.05) is 35.3 Å². The molecule has 0 aliphatic heterocycles. The number of nitrogens with one attached hydrogen (secondary N) is 1. The van der Waals surface area contributed by atoms with Gasteiger partial charge in [-0.2, -0.15) is 0 Å². The summed E-state index contributed by atoms with van der Waals surface area (Å²) < 4.78 is 13.1. The van der Waals surface area contributed by atoms with Gasteiger partial charge in [-0.15, -0.1) is 0 Å². The van der Waals surface area contributed by atoms with Gasteiger partial charge < -0.3 is 0 Å². The molecule has 2 rings (SSSR count). The number of benzene rings is 1. The zero-order chi connectivity index (χ0) is 13.8. The zero-order valence-electron chi connectivity index (χ0n) is 9.91. The second-order valence-electron chi connectivity index (χ2n) is 4.09. The molecule has 19 heavy (non-hydrogen) atoms. The molecule has 1 heterocycles. The van der Waals surface area contributed by atoms with E-state index in [1.54, 1.807) is 24.4 Å². The van der Waals surface area contributed by atoms with Crippen LogP contribution in [0.25, 0.3) is 0 Å². The molecular formula is C13H12Cl2FN3. The van der Waals surface area contributed by atoms with Crippen molar-refractivity contribution in [2.45, 2.75) is 12.5 Å². The highest BCUT2D eigenvalue weighted by Crippen LogP contribution is 2.22. The second kappa shape index (κ2) is 6.30. The molecule has 1 unspecified atom stereocenters. The van der Waals surface area contributed by atoms with Crippen molar-refractivity contribution in [1.29, 1.82) is 0 Å². The van der Waals surface area contributed by atoms with E-state index in [4.69, 9.17) is 29.0 Å². The van der Waals surface area contributed by atoms with Crippen molar-refractivity contribution in [2.75, 3.05) is 0 Å². The number of rotatable bonds is 4. The summed E-state index contributed by atoms with van der Waals surface area (Å²) in [5.41, 5.74) is 4.48. The maximum absolute atomic E-state index is 13.1. The van der Waals surface area contributed by atoms with Gasteiger partial charge in [-0.05, 0) is 35.7 Å². The van der Waals surface area contributed by atoms with Crippen molar-refractivity contribution < 1.29 is 4.39 Å². The van der Waals surface area contributed by atoms with Crippen molar-refractivity contribution in [3.63, 3.8) is 0 Å². The van der Waals surface area contributed by atoms with Crippen LogP contribution in [0, 0.1) is 5.82 Å². The average Bonchev–Trinajstić information content (AvgIpc) is 2.41. The van der Waals surface area contributed by atoms with Crippen LogP contribution < -0.4 is 11.3 Å². The third-order valence-electron chi connectivity index (χ3n) is 2.78. The Hall–Kier alpha value is -1.20. The topological polar surface area (TPSA) is 50.9 Å². The highest BCUT2D eigenvalue weighted by Gasteiger charge is 2.12. The van der Waals surface area contributed by atoms with Crippen LogP contribution in [0.5, 0.6) is 0 Å². The Morgan fingerprint density at radius 3 is 2.63 bits per heavy atom. The van der Waals surface area contributed by atoms with Crippen LogP contribution in [0.15, 0.2) is 36.5 Å². The summed E-state index contributed by atoms with van der Waals surface area (Å²) in [5, 5.41) is 0.520. The lowest BCUT2D eigenvalue weighted by molar-refractivity contribution is 0.549. The third-order valence-corrected chi connectivity index (χ3v) is 3.29. The van der Waals surface area contributed by atoms with Crippen LogP contribution in [0.3, 0.4) is 0 Å². The Morgan fingerprint density at radius 1 is 1.26 bits per heavy atom. The summed E-state index contributed by atoms with van der Waals surface area (Å²) in [7, 11) is 0. The molecule has 0 saturated carbocycles. The fraction of sp³-hybridized carbons (Fsp3) is 0.154. The van der Waals surface area contributed by atoms with Gasteiger partial charge in [0.15, 0.2) is 0 Å². The maximum atomic E-state index is 13.1. The molecule has 1 aromatic carbocycles. The average molecular weight is 300 g/mol. The molecule has 0 amide bonds. The lowest BCUT2D eigenvalue weighted by Crippen LogP contribution is -2.29. The molecule has 0 aliphatic rings. The molecule has 3 nitrogen and oxygen atoms in total. The Bertz CT molecular complexity index is 560. The van der Waals surface area contributed by atoms with Gasteiger partial charge in [0.1, 0.15) is 11.0 Å². The first-order chi connectivity index (χ1) is 9.10. The standard InChI is InChI=1S/C13H12Cl2FN3/c14-10-5-8(1-3-11(10)16)6-12(19-17)9-2-4-13(15)18-7-9/h1-5,7,12,19H,6,17H2. The smallest absolute Gasteiger partial charge is 0.141 e. The molecule has 0 fully saturated rings. The van der Waals surface area contributed by atoms with E-state index in [1.807, 2.05) is 6.07 Å².